The molecule has 0 aromatic heterocycles. The average molecular weight is 409 g/mol. The summed E-state index contributed by atoms with van der Waals surface area (Å²) < 4.78 is 16.6. The molecule has 0 aliphatic carbocycles. The lowest BCUT2D eigenvalue weighted by molar-refractivity contribution is -0.154. The highest BCUT2D eigenvalue weighted by Crippen LogP contribution is 2.33. The van der Waals surface area contributed by atoms with Crippen LogP contribution >= 0.6 is 15.9 Å². The lowest BCUT2D eigenvalue weighted by atomic mass is 10.0. The van der Waals surface area contributed by atoms with Crippen molar-refractivity contribution in [2.24, 2.45) is 5.11 Å². The molecule has 9 nitrogen and oxygen atoms in total. The van der Waals surface area contributed by atoms with Crippen molar-refractivity contribution in [2.45, 2.75) is 70.4 Å². The van der Waals surface area contributed by atoms with Gasteiger partial charge in [0.05, 0.1) is 18.2 Å². The maximum absolute atomic E-state index is 11.8. The van der Waals surface area contributed by atoms with Crippen molar-refractivity contribution in [3.8, 4) is 0 Å². The van der Waals surface area contributed by atoms with E-state index in [2.05, 4.69) is 31.3 Å². The summed E-state index contributed by atoms with van der Waals surface area (Å²) >= 11 is 3.19. The van der Waals surface area contributed by atoms with Gasteiger partial charge in [-0.25, -0.2) is 4.79 Å². The molecular weight excluding hydrogens is 384 g/mol. The third-order valence-electron chi connectivity index (χ3n) is 3.13. The molecule has 0 bridgehead atoms. The van der Waals surface area contributed by atoms with Crippen molar-refractivity contribution in [1.29, 1.82) is 0 Å². The highest BCUT2D eigenvalue weighted by Gasteiger charge is 2.47. The number of alkyl halides is 1. The molecular formula is C14H25BrN4O5. The fourth-order valence-corrected chi connectivity index (χ4v) is 2.66. The van der Waals surface area contributed by atoms with E-state index in [1.807, 2.05) is 0 Å². The number of amides is 1. The minimum absolute atomic E-state index is 0.00537. The van der Waals surface area contributed by atoms with Crippen LogP contribution in [0.15, 0.2) is 5.11 Å². The second-order valence-corrected chi connectivity index (χ2v) is 7.59. The second-order valence-electron chi connectivity index (χ2n) is 6.94. The van der Waals surface area contributed by atoms with Gasteiger partial charge in [-0.3, -0.25) is 0 Å². The largest absolute Gasteiger partial charge is 0.444 e. The Morgan fingerprint density at radius 3 is 2.54 bits per heavy atom. The van der Waals surface area contributed by atoms with Crippen molar-refractivity contribution in [3.63, 3.8) is 0 Å². The van der Waals surface area contributed by atoms with Gasteiger partial charge in [0.25, 0.3) is 0 Å². The van der Waals surface area contributed by atoms with E-state index < -0.39 is 41.8 Å². The van der Waals surface area contributed by atoms with Crippen LogP contribution < -0.4 is 5.32 Å². The van der Waals surface area contributed by atoms with Crippen molar-refractivity contribution < 1.29 is 24.1 Å². The number of carbonyl (C=O) groups is 1. The van der Waals surface area contributed by atoms with Crippen LogP contribution in [0.4, 0.5) is 4.79 Å². The number of halogens is 1. The van der Waals surface area contributed by atoms with E-state index >= 15 is 0 Å². The number of rotatable bonds is 6. The first-order valence-electron chi connectivity index (χ1n) is 7.60. The highest BCUT2D eigenvalue weighted by molar-refractivity contribution is 9.09. The molecule has 1 fully saturated rings. The Morgan fingerprint density at radius 2 is 2.04 bits per heavy atom. The number of carbonyl (C=O) groups excluding carboxylic acids is 1. The average Bonchev–Trinajstić information content (AvgIpc) is 2.76. The number of nitrogens with one attached hydrogen (secondary N) is 1. The van der Waals surface area contributed by atoms with Crippen molar-refractivity contribution >= 4 is 22.0 Å². The van der Waals surface area contributed by atoms with Crippen molar-refractivity contribution in [2.75, 3.05) is 11.9 Å². The quantitative estimate of drug-likeness (QED) is 0.302. The minimum atomic E-state index is -0.937. The van der Waals surface area contributed by atoms with E-state index in [0.29, 0.717) is 0 Å². The summed E-state index contributed by atoms with van der Waals surface area (Å²) in [5, 5.41) is 16.6. The number of nitrogens with zero attached hydrogens (tertiary/aromatic N) is 3. The van der Waals surface area contributed by atoms with Crippen LogP contribution in [-0.4, -0.2) is 58.8 Å². The Labute approximate surface area is 149 Å². The molecule has 0 aromatic carbocycles. The van der Waals surface area contributed by atoms with Gasteiger partial charge in [0.15, 0.2) is 5.79 Å². The number of azide groups is 1. The van der Waals surface area contributed by atoms with Gasteiger partial charge in [-0.2, -0.15) is 0 Å². The van der Waals surface area contributed by atoms with Gasteiger partial charge in [-0.1, -0.05) is 21.0 Å². The molecule has 0 aromatic rings. The summed E-state index contributed by atoms with van der Waals surface area (Å²) in [6, 6.07) is -0.761. The number of alkyl carbamates (subject to hydrolysis) is 1. The molecule has 138 valence electrons. The molecule has 4 atom stereocenters. The number of aliphatic hydroxyl groups excluding tert-OH is 1. The topological polar surface area (TPSA) is 126 Å². The van der Waals surface area contributed by atoms with Crippen molar-refractivity contribution in [3.05, 3.63) is 10.4 Å². The molecule has 1 aliphatic heterocycles. The fraction of sp³-hybridized carbons (Fsp3) is 0.929. The van der Waals surface area contributed by atoms with Gasteiger partial charge < -0.3 is 24.6 Å². The molecule has 0 saturated carbocycles. The number of ether oxygens (including phenoxy) is 3. The number of aliphatic hydroxyl groups is 1. The smallest absolute Gasteiger partial charge is 0.407 e. The van der Waals surface area contributed by atoms with E-state index in [1.165, 1.54) is 0 Å². The Balaban J connectivity index is 2.82. The Kier molecular flexibility index (Phi) is 7.30. The number of hydrogen-bond donors (Lipinski definition) is 2. The van der Waals surface area contributed by atoms with E-state index in [9.17, 15) is 9.90 Å². The molecule has 1 amide bonds. The molecule has 0 radical (unpaired) electrons. The van der Waals surface area contributed by atoms with Gasteiger partial charge >= 0.3 is 6.09 Å². The first-order chi connectivity index (χ1) is 11.0. The monoisotopic (exact) mass is 408 g/mol. The number of hydrogen-bond acceptors (Lipinski definition) is 6. The molecule has 10 heteroatoms. The first-order valence-corrected chi connectivity index (χ1v) is 8.72. The summed E-state index contributed by atoms with van der Waals surface area (Å²) in [7, 11) is 0. The molecule has 24 heavy (non-hydrogen) atoms. The van der Waals surface area contributed by atoms with Gasteiger partial charge in [-0.05, 0) is 40.1 Å². The van der Waals surface area contributed by atoms with Crippen LogP contribution in [0.2, 0.25) is 0 Å². The summed E-state index contributed by atoms with van der Waals surface area (Å²) in [6.07, 6.45) is -2.89. The van der Waals surface area contributed by atoms with E-state index in [1.54, 1.807) is 34.6 Å². The van der Waals surface area contributed by atoms with Crippen LogP contribution in [0.5, 0.6) is 0 Å². The van der Waals surface area contributed by atoms with Gasteiger partial charge in [0.1, 0.15) is 11.7 Å². The van der Waals surface area contributed by atoms with Gasteiger partial charge in [-0.15, -0.1) is 0 Å². The standard InChI is InChI=1S/C14H25BrN4O5/c1-13(2,3)24-12(21)17-7-8(18-19-16)10-11(9(20)6-15)23-14(4,5)22-10/h8-11,20H,6-7H2,1-5H3,(H,17,21)/t8-,9-,10-,11-/m1/s1. The van der Waals surface area contributed by atoms with E-state index in [0.717, 1.165) is 0 Å². The van der Waals surface area contributed by atoms with Crippen LogP contribution in [0.1, 0.15) is 34.6 Å². The molecule has 1 heterocycles. The van der Waals surface area contributed by atoms with Crippen LogP contribution in [0, 0.1) is 0 Å². The Hall–Kier alpha value is -1.06. The second kappa shape index (κ2) is 8.35. The highest BCUT2D eigenvalue weighted by atomic mass is 79.9. The van der Waals surface area contributed by atoms with Crippen LogP contribution in [-0.2, 0) is 14.2 Å². The lowest BCUT2D eigenvalue weighted by Crippen LogP contribution is -2.47. The zero-order valence-corrected chi connectivity index (χ0v) is 16.1. The lowest BCUT2D eigenvalue weighted by Gasteiger charge is -2.26. The fourth-order valence-electron chi connectivity index (χ4n) is 2.29. The van der Waals surface area contributed by atoms with Crippen LogP contribution in [0.3, 0.4) is 0 Å². The maximum atomic E-state index is 11.8. The summed E-state index contributed by atoms with van der Waals surface area (Å²) in [5.74, 6) is -0.937. The van der Waals surface area contributed by atoms with Gasteiger partial charge in [0.2, 0.25) is 0 Å². The molecule has 0 spiro atoms. The van der Waals surface area contributed by atoms with Crippen molar-refractivity contribution in [1.82, 2.24) is 5.32 Å². The predicted molar refractivity (Wildman–Crippen MR) is 90.8 cm³/mol. The summed E-state index contributed by atoms with van der Waals surface area (Å²) in [6.45, 7) is 8.64. The van der Waals surface area contributed by atoms with Gasteiger partial charge in [0, 0.05) is 16.8 Å². The normalized spacial score (nSPS) is 25.5. The molecule has 2 N–H and O–H groups in total. The Morgan fingerprint density at radius 1 is 1.46 bits per heavy atom. The molecule has 1 aliphatic rings. The van der Waals surface area contributed by atoms with E-state index in [4.69, 9.17) is 19.7 Å². The first kappa shape index (κ1) is 21.0. The summed E-state index contributed by atoms with van der Waals surface area (Å²) in [4.78, 5) is 14.6. The molecule has 0 unspecified atom stereocenters. The molecule has 1 saturated heterocycles. The SMILES string of the molecule is CC(C)(C)OC(=O)NC[C@@H](N=[N+]=[N-])[C@H]1OC(C)(C)O[C@@H]1[C@H](O)CBr. The third-order valence-corrected chi connectivity index (χ3v) is 3.80. The Bertz CT molecular complexity index is 490. The predicted octanol–water partition coefficient (Wildman–Crippen LogP) is 2.47. The minimum Gasteiger partial charge on any atom is -0.444 e. The molecule has 1 rings (SSSR count). The zero-order chi connectivity index (χ0) is 18.5. The van der Waals surface area contributed by atoms with Crippen LogP contribution in [0.25, 0.3) is 10.4 Å². The van der Waals surface area contributed by atoms with E-state index in [-0.39, 0.29) is 11.9 Å². The zero-order valence-electron chi connectivity index (χ0n) is 14.5. The maximum Gasteiger partial charge on any atom is 0.407 e. The summed E-state index contributed by atoms with van der Waals surface area (Å²) in [5.41, 5.74) is 8.17. The third kappa shape index (κ3) is 6.45.